The van der Waals surface area contributed by atoms with Crippen molar-refractivity contribution in [1.29, 1.82) is 0 Å². The van der Waals surface area contributed by atoms with E-state index in [2.05, 4.69) is 15.9 Å². The largest absolute Gasteiger partial charge is 0.315 e. The molecule has 1 aromatic rings. The Labute approximate surface area is 92.0 Å². The van der Waals surface area contributed by atoms with Gasteiger partial charge in [0.2, 0.25) is 5.91 Å². The molecule has 1 heterocycles. The Morgan fingerprint density at radius 3 is 2.93 bits per heavy atom. The van der Waals surface area contributed by atoms with Crippen LogP contribution < -0.4 is 4.90 Å². The molecule has 0 spiro atoms. The van der Waals surface area contributed by atoms with Gasteiger partial charge in [0.15, 0.2) is 0 Å². The lowest BCUT2D eigenvalue weighted by Gasteiger charge is -2.17. The van der Waals surface area contributed by atoms with E-state index >= 15 is 0 Å². The zero-order valence-electron chi connectivity index (χ0n) is 8.09. The third-order valence-corrected chi connectivity index (χ3v) is 3.39. The van der Waals surface area contributed by atoms with E-state index in [9.17, 15) is 4.79 Å². The van der Waals surface area contributed by atoms with Crippen LogP contribution in [0.4, 0.5) is 5.69 Å². The van der Waals surface area contributed by atoms with E-state index in [4.69, 9.17) is 0 Å². The van der Waals surface area contributed by atoms with Gasteiger partial charge in [-0.25, -0.2) is 0 Å². The number of rotatable bonds is 0. The number of carbonyl (C=O) groups is 1. The molecule has 0 fully saturated rings. The molecule has 1 amide bonds. The van der Waals surface area contributed by atoms with E-state index in [-0.39, 0.29) is 5.91 Å². The van der Waals surface area contributed by atoms with Crippen LogP contribution in [0.25, 0.3) is 0 Å². The van der Waals surface area contributed by atoms with Gasteiger partial charge in [-0.05, 0) is 30.5 Å². The first kappa shape index (κ1) is 9.71. The quantitative estimate of drug-likeness (QED) is 0.697. The molecule has 0 saturated carbocycles. The summed E-state index contributed by atoms with van der Waals surface area (Å²) < 4.78 is 1.11. The van der Waals surface area contributed by atoms with Crippen LogP contribution in [-0.4, -0.2) is 13.0 Å². The summed E-state index contributed by atoms with van der Waals surface area (Å²) >= 11 is 3.53. The lowest BCUT2D eigenvalue weighted by Crippen LogP contribution is -2.24. The molecule has 0 radical (unpaired) electrons. The number of amides is 1. The first-order chi connectivity index (χ1) is 6.70. The highest BCUT2D eigenvalue weighted by Crippen LogP contribution is 2.31. The predicted molar refractivity (Wildman–Crippen MR) is 60.5 cm³/mol. The van der Waals surface area contributed by atoms with Gasteiger partial charge in [0.1, 0.15) is 0 Å². The average Bonchev–Trinajstić information content (AvgIpc) is 2.31. The fraction of sp³-hybridized carbons (Fsp3) is 0.364. The molecule has 2 nitrogen and oxygen atoms in total. The topological polar surface area (TPSA) is 20.3 Å². The monoisotopic (exact) mass is 253 g/mol. The van der Waals surface area contributed by atoms with Crippen molar-refractivity contribution in [3.63, 3.8) is 0 Å². The zero-order valence-corrected chi connectivity index (χ0v) is 9.67. The second-order valence-corrected chi connectivity index (χ2v) is 4.40. The lowest BCUT2D eigenvalue weighted by atomic mass is 10.1. The van der Waals surface area contributed by atoms with E-state index in [1.54, 1.807) is 4.90 Å². The van der Waals surface area contributed by atoms with Gasteiger partial charge in [0, 0.05) is 23.6 Å². The fourth-order valence-corrected chi connectivity index (χ4v) is 2.38. The third kappa shape index (κ3) is 1.57. The molecule has 0 aliphatic carbocycles. The maximum absolute atomic E-state index is 11.6. The van der Waals surface area contributed by atoms with Gasteiger partial charge in [-0.2, -0.15) is 0 Å². The van der Waals surface area contributed by atoms with E-state index < -0.39 is 0 Å². The fourth-order valence-electron chi connectivity index (χ4n) is 1.83. The summed E-state index contributed by atoms with van der Waals surface area (Å²) in [6, 6.07) is 6.00. The highest BCUT2D eigenvalue weighted by molar-refractivity contribution is 9.10. The molecule has 0 unspecified atom stereocenters. The normalized spacial score (nSPS) is 16.4. The van der Waals surface area contributed by atoms with Crippen LogP contribution in [0.15, 0.2) is 22.7 Å². The van der Waals surface area contributed by atoms with Crippen molar-refractivity contribution in [2.24, 2.45) is 0 Å². The van der Waals surface area contributed by atoms with Crippen molar-refractivity contribution in [1.82, 2.24) is 0 Å². The van der Waals surface area contributed by atoms with Gasteiger partial charge in [0.25, 0.3) is 0 Å². The Bertz CT molecular complexity index is 376. The number of nitrogens with zero attached hydrogens (tertiary/aromatic N) is 1. The van der Waals surface area contributed by atoms with Gasteiger partial charge < -0.3 is 4.90 Å². The van der Waals surface area contributed by atoms with Crippen molar-refractivity contribution >= 4 is 27.5 Å². The molecule has 0 aromatic heterocycles. The van der Waals surface area contributed by atoms with Crippen LogP contribution in [0.2, 0.25) is 0 Å². The molecule has 0 N–H and O–H groups in total. The Hall–Kier alpha value is -0.830. The number of hydrogen-bond acceptors (Lipinski definition) is 1. The minimum absolute atomic E-state index is 0.210. The maximum Gasteiger partial charge on any atom is 0.226 e. The number of benzene rings is 1. The molecule has 0 saturated heterocycles. The first-order valence-corrected chi connectivity index (χ1v) is 5.53. The van der Waals surface area contributed by atoms with Crippen molar-refractivity contribution in [3.8, 4) is 0 Å². The van der Waals surface area contributed by atoms with Crippen molar-refractivity contribution in [2.75, 3.05) is 11.9 Å². The molecular formula is C11H12BrNO. The van der Waals surface area contributed by atoms with Crippen LogP contribution >= 0.6 is 15.9 Å². The van der Waals surface area contributed by atoms with Crippen LogP contribution in [-0.2, 0) is 11.2 Å². The summed E-state index contributed by atoms with van der Waals surface area (Å²) in [6.45, 7) is 0. The zero-order chi connectivity index (χ0) is 10.1. The maximum atomic E-state index is 11.6. The van der Waals surface area contributed by atoms with Gasteiger partial charge in [-0.1, -0.05) is 22.0 Å². The number of halogens is 1. The van der Waals surface area contributed by atoms with E-state index in [1.165, 1.54) is 5.56 Å². The smallest absolute Gasteiger partial charge is 0.226 e. The molecule has 2 rings (SSSR count). The summed E-state index contributed by atoms with van der Waals surface area (Å²) in [5.41, 5.74) is 2.29. The van der Waals surface area contributed by atoms with E-state index in [0.717, 1.165) is 23.0 Å². The molecule has 1 aliphatic rings. The molecule has 1 aromatic carbocycles. The van der Waals surface area contributed by atoms with Gasteiger partial charge >= 0.3 is 0 Å². The third-order valence-electron chi connectivity index (χ3n) is 2.65. The SMILES string of the molecule is CN1C(=O)CCCc2c(Br)cccc21. The first-order valence-electron chi connectivity index (χ1n) is 4.74. The molecule has 1 aliphatic heterocycles. The number of anilines is 1. The Morgan fingerprint density at radius 2 is 2.14 bits per heavy atom. The van der Waals surface area contributed by atoms with Gasteiger partial charge in [-0.15, -0.1) is 0 Å². The van der Waals surface area contributed by atoms with Crippen molar-refractivity contribution in [2.45, 2.75) is 19.3 Å². The number of hydrogen-bond donors (Lipinski definition) is 0. The van der Waals surface area contributed by atoms with Crippen LogP contribution in [0.3, 0.4) is 0 Å². The summed E-state index contributed by atoms with van der Waals surface area (Å²) in [5.74, 6) is 0.210. The van der Waals surface area contributed by atoms with Crippen LogP contribution in [0.5, 0.6) is 0 Å². The minimum atomic E-state index is 0.210. The summed E-state index contributed by atoms with van der Waals surface area (Å²) in [5, 5.41) is 0. The molecule has 14 heavy (non-hydrogen) atoms. The van der Waals surface area contributed by atoms with Gasteiger partial charge in [-0.3, -0.25) is 4.79 Å². The van der Waals surface area contributed by atoms with Crippen LogP contribution in [0.1, 0.15) is 18.4 Å². The Kier molecular flexibility index (Phi) is 2.59. The molecular weight excluding hydrogens is 242 g/mol. The highest BCUT2D eigenvalue weighted by Gasteiger charge is 2.19. The van der Waals surface area contributed by atoms with Crippen molar-refractivity contribution < 1.29 is 4.79 Å². The molecule has 3 heteroatoms. The highest BCUT2D eigenvalue weighted by atomic mass is 79.9. The Balaban J connectivity index is 2.53. The minimum Gasteiger partial charge on any atom is -0.315 e. The molecule has 0 bridgehead atoms. The van der Waals surface area contributed by atoms with E-state index in [0.29, 0.717) is 6.42 Å². The van der Waals surface area contributed by atoms with Gasteiger partial charge in [0.05, 0.1) is 0 Å². The van der Waals surface area contributed by atoms with Crippen LogP contribution in [0, 0.1) is 0 Å². The summed E-state index contributed by atoms with van der Waals surface area (Å²) in [7, 11) is 1.85. The second-order valence-electron chi connectivity index (χ2n) is 3.54. The number of carbonyl (C=O) groups excluding carboxylic acids is 1. The lowest BCUT2D eigenvalue weighted by molar-refractivity contribution is -0.118. The predicted octanol–water partition coefficient (Wildman–Crippen LogP) is 2.75. The van der Waals surface area contributed by atoms with E-state index in [1.807, 2.05) is 25.2 Å². The summed E-state index contributed by atoms with van der Waals surface area (Å²) in [4.78, 5) is 13.4. The molecule has 74 valence electrons. The van der Waals surface area contributed by atoms with Crippen molar-refractivity contribution in [3.05, 3.63) is 28.2 Å². The summed E-state index contributed by atoms with van der Waals surface area (Å²) in [6.07, 6.45) is 2.57. The second kappa shape index (κ2) is 3.73. The Morgan fingerprint density at radius 1 is 1.36 bits per heavy atom. The average molecular weight is 254 g/mol. The molecule has 0 atom stereocenters. The number of fused-ring (bicyclic) bond motifs is 1. The standard InChI is InChI=1S/C11H12BrNO/c1-13-10-6-3-5-9(12)8(10)4-2-7-11(13)14/h3,5-6H,2,4,7H2,1H3.